The summed E-state index contributed by atoms with van der Waals surface area (Å²) >= 11 is 0. The van der Waals surface area contributed by atoms with Crippen LogP contribution in [0.1, 0.15) is 23.2 Å². The number of non-ortho nitro benzene ring substituents is 1. The Morgan fingerprint density at radius 1 is 1.12 bits per heavy atom. The summed E-state index contributed by atoms with van der Waals surface area (Å²) < 4.78 is 27.0. The Balaban J connectivity index is 1.79. The average molecular weight is 361 g/mol. The smallest absolute Gasteiger partial charge is 0.270 e. The molecule has 0 saturated heterocycles. The van der Waals surface area contributed by atoms with Gasteiger partial charge in [0.05, 0.1) is 9.82 Å². The number of nitro benzene ring substituents is 1. The van der Waals surface area contributed by atoms with Crippen molar-refractivity contribution in [3.8, 4) is 0 Å². The van der Waals surface area contributed by atoms with Crippen molar-refractivity contribution in [2.24, 2.45) is 0 Å². The number of anilines is 1. The maximum Gasteiger partial charge on any atom is 0.270 e. The van der Waals surface area contributed by atoms with Gasteiger partial charge in [0.1, 0.15) is 0 Å². The van der Waals surface area contributed by atoms with Gasteiger partial charge in [-0.2, -0.15) is 0 Å². The fourth-order valence-electron chi connectivity index (χ4n) is 2.19. The summed E-state index contributed by atoms with van der Waals surface area (Å²) in [6.07, 6.45) is 1.64. The van der Waals surface area contributed by atoms with E-state index in [9.17, 15) is 23.3 Å². The summed E-state index contributed by atoms with van der Waals surface area (Å²) in [5.41, 5.74) is 0.200. The Morgan fingerprint density at radius 3 is 2.52 bits per heavy atom. The molecule has 1 amide bonds. The van der Waals surface area contributed by atoms with E-state index in [-0.39, 0.29) is 27.9 Å². The van der Waals surface area contributed by atoms with Gasteiger partial charge in [-0.25, -0.2) is 13.1 Å². The number of carbonyl (C=O) groups is 1. The fourth-order valence-corrected chi connectivity index (χ4v) is 3.54. The fraction of sp³-hybridized carbons (Fsp3) is 0.188. The lowest BCUT2D eigenvalue weighted by atomic mass is 10.2. The van der Waals surface area contributed by atoms with Crippen molar-refractivity contribution >= 4 is 27.3 Å². The van der Waals surface area contributed by atoms with E-state index in [1.807, 2.05) is 0 Å². The van der Waals surface area contributed by atoms with Crippen molar-refractivity contribution < 1.29 is 18.1 Å². The molecule has 9 heteroatoms. The Bertz CT molecular complexity index is 938. The van der Waals surface area contributed by atoms with Gasteiger partial charge in [-0.05, 0) is 37.1 Å². The van der Waals surface area contributed by atoms with Crippen LogP contribution in [0.25, 0.3) is 0 Å². The molecule has 0 spiro atoms. The van der Waals surface area contributed by atoms with Crippen LogP contribution in [-0.2, 0) is 10.0 Å². The van der Waals surface area contributed by atoms with E-state index in [1.54, 1.807) is 6.07 Å². The van der Waals surface area contributed by atoms with E-state index in [2.05, 4.69) is 10.0 Å². The first-order valence-electron chi connectivity index (χ1n) is 7.53. The summed E-state index contributed by atoms with van der Waals surface area (Å²) in [4.78, 5) is 22.5. The second-order valence-electron chi connectivity index (χ2n) is 5.68. The van der Waals surface area contributed by atoms with Crippen LogP contribution in [0.4, 0.5) is 11.4 Å². The SMILES string of the molecule is O=C(Nc1cccc(S(=O)(=O)NC2CC2)c1)c1cccc([N+](=O)[O-])c1. The Morgan fingerprint density at radius 2 is 1.84 bits per heavy atom. The number of amides is 1. The van der Waals surface area contributed by atoms with Crippen LogP contribution in [-0.4, -0.2) is 25.3 Å². The molecule has 0 aromatic heterocycles. The first kappa shape index (κ1) is 17.1. The predicted molar refractivity (Wildman–Crippen MR) is 90.8 cm³/mol. The molecule has 8 nitrogen and oxygen atoms in total. The zero-order chi connectivity index (χ0) is 18.0. The standard InChI is InChI=1S/C16H15N3O5S/c20-16(11-3-1-5-14(9-11)19(21)22)17-13-4-2-6-15(10-13)25(23,24)18-12-7-8-12/h1-6,9-10,12,18H,7-8H2,(H,17,20). The van der Waals surface area contributed by atoms with Crippen molar-refractivity contribution in [2.45, 2.75) is 23.8 Å². The lowest BCUT2D eigenvalue weighted by molar-refractivity contribution is -0.384. The second-order valence-corrected chi connectivity index (χ2v) is 7.40. The highest BCUT2D eigenvalue weighted by molar-refractivity contribution is 7.89. The van der Waals surface area contributed by atoms with Crippen molar-refractivity contribution in [3.05, 3.63) is 64.2 Å². The summed E-state index contributed by atoms with van der Waals surface area (Å²) in [6.45, 7) is 0. The molecule has 2 N–H and O–H groups in total. The second kappa shape index (κ2) is 6.61. The molecule has 3 rings (SSSR count). The van der Waals surface area contributed by atoms with Gasteiger partial charge in [-0.15, -0.1) is 0 Å². The molecule has 0 unspecified atom stereocenters. The molecule has 0 aliphatic heterocycles. The average Bonchev–Trinajstić information content (AvgIpc) is 3.38. The molecule has 2 aromatic rings. The maximum atomic E-state index is 12.2. The molecular formula is C16H15N3O5S. The topological polar surface area (TPSA) is 118 Å². The number of nitrogens with zero attached hydrogens (tertiary/aromatic N) is 1. The molecule has 1 aliphatic carbocycles. The lowest BCUT2D eigenvalue weighted by Crippen LogP contribution is -2.25. The first-order valence-corrected chi connectivity index (χ1v) is 9.02. The maximum absolute atomic E-state index is 12.2. The number of carbonyl (C=O) groups excluding carboxylic acids is 1. The normalized spacial score (nSPS) is 14.1. The molecule has 1 fully saturated rings. The highest BCUT2D eigenvalue weighted by atomic mass is 32.2. The van der Waals surface area contributed by atoms with Gasteiger partial charge in [0.2, 0.25) is 10.0 Å². The highest BCUT2D eigenvalue weighted by Gasteiger charge is 2.28. The van der Waals surface area contributed by atoms with Crippen LogP contribution >= 0.6 is 0 Å². The van der Waals surface area contributed by atoms with Gasteiger partial charge in [0, 0.05) is 29.4 Å². The minimum Gasteiger partial charge on any atom is -0.322 e. The molecule has 130 valence electrons. The summed E-state index contributed by atoms with van der Waals surface area (Å²) in [5, 5.41) is 13.3. The van der Waals surface area contributed by atoms with E-state index in [0.717, 1.165) is 18.9 Å². The van der Waals surface area contributed by atoms with Crippen LogP contribution in [0.5, 0.6) is 0 Å². The zero-order valence-corrected chi connectivity index (χ0v) is 13.8. The van der Waals surface area contributed by atoms with Gasteiger partial charge < -0.3 is 5.32 Å². The van der Waals surface area contributed by atoms with Crippen LogP contribution in [0, 0.1) is 10.1 Å². The minimum atomic E-state index is -3.63. The number of hydrogen-bond donors (Lipinski definition) is 2. The molecule has 2 aromatic carbocycles. The molecule has 1 aliphatic rings. The number of rotatable bonds is 6. The Kier molecular flexibility index (Phi) is 4.51. The molecule has 1 saturated carbocycles. The highest BCUT2D eigenvalue weighted by Crippen LogP contribution is 2.23. The quantitative estimate of drug-likeness (QED) is 0.604. The number of nitro groups is 1. The van der Waals surface area contributed by atoms with Gasteiger partial charge in [-0.3, -0.25) is 14.9 Å². The largest absolute Gasteiger partial charge is 0.322 e. The first-order chi connectivity index (χ1) is 11.8. The number of hydrogen-bond acceptors (Lipinski definition) is 5. The molecule has 0 heterocycles. The third-order valence-corrected chi connectivity index (χ3v) is 5.14. The van der Waals surface area contributed by atoms with Crippen LogP contribution < -0.4 is 10.0 Å². The van der Waals surface area contributed by atoms with Crippen LogP contribution in [0.2, 0.25) is 0 Å². The summed E-state index contributed by atoms with van der Waals surface area (Å²) in [7, 11) is -3.63. The minimum absolute atomic E-state index is 0.0203. The van der Waals surface area contributed by atoms with Gasteiger partial charge in [0.15, 0.2) is 0 Å². The van der Waals surface area contributed by atoms with E-state index in [0.29, 0.717) is 0 Å². The number of sulfonamides is 1. The van der Waals surface area contributed by atoms with Gasteiger partial charge in [-0.1, -0.05) is 12.1 Å². The van der Waals surface area contributed by atoms with E-state index < -0.39 is 20.9 Å². The third kappa shape index (κ3) is 4.20. The van der Waals surface area contributed by atoms with E-state index >= 15 is 0 Å². The van der Waals surface area contributed by atoms with E-state index in [4.69, 9.17) is 0 Å². The summed E-state index contributed by atoms with van der Waals surface area (Å²) in [5.74, 6) is -0.562. The Labute approximate surface area is 144 Å². The third-order valence-electron chi connectivity index (χ3n) is 3.62. The monoisotopic (exact) mass is 361 g/mol. The van der Waals surface area contributed by atoms with Gasteiger partial charge >= 0.3 is 0 Å². The molecule has 0 radical (unpaired) electrons. The van der Waals surface area contributed by atoms with Crippen molar-refractivity contribution in [1.82, 2.24) is 4.72 Å². The predicted octanol–water partition coefficient (Wildman–Crippen LogP) is 2.29. The van der Waals surface area contributed by atoms with Crippen LogP contribution in [0.15, 0.2) is 53.4 Å². The van der Waals surface area contributed by atoms with Crippen molar-refractivity contribution in [1.29, 1.82) is 0 Å². The van der Waals surface area contributed by atoms with Crippen molar-refractivity contribution in [3.63, 3.8) is 0 Å². The lowest BCUT2D eigenvalue weighted by Gasteiger charge is -2.09. The van der Waals surface area contributed by atoms with E-state index in [1.165, 1.54) is 36.4 Å². The number of benzene rings is 2. The Hall–Kier alpha value is -2.78. The number of nitrogens with one attached hydrogen (secondary N) is 2. The summed E-state index contributed by atoms with van der Waals surface area (Å²) in [6, 6.07) is 11.1. The molecule has 0 atom stereocenters. The van der Waals surface area contributed by atoms with Crippen molar-refractivity contribution in [2.75, 3.05) is 5.32 Å². The molecule has 0 bridgehead atoms. The van der Waals surface area contributed by atoms with Crippen LogP contribution in [0.3, 0.4) is 0 Å². The molecule has 25 heavy (non-hydrogen) atoms. The van der Waals surface area contributed by atoms with Gasteiger partial charge in [0.25, 0.3) is 11.6 Å². The zero-order valence-electron chi connectivity index (χ0n) is 13.0. The molecular weight excluding hydrogens is 346 g/mol.